The van der Waals surface area contributed by atoms with E-state index in [1.807, 2.05) is 0 Å². The minimum atomic E-state index is -0.296. The second kappa shape index (κ2) is 3.95. The summed E-state index contributed by atoms with van der Waals surface area (Å²) in [6, 6.07) is 4.68. The third-order valence-corrected chi connectivity index (χ3v) is 2.56. The van der Waals surface area contributed by atoms with Gasteiger partial charge in [0.15, 0.2) is 0 Å². The van der Waals surface area contributed by atoms with Crippen molar-refractivity contribution in [3.05, 3.63) is 35.5 Å². The van der Waals surface area contributed by atoms with Crippen molar-refractivity contribution in [1.82, 2.24) is 10.1 Å². The molecule has 0 atom stereocenters. The highest BCUT2D eigenvalue weighted by Gasteiger charge is 2.21. The molecule has 1 aromatic carbocycles. The van der Waals surface area contributed by atoms with Gasteiger partial charge in [0.25, 0.3) is 0 Å². The molecular weight excluding hydrogens is 219 g/mol. The molecule has 0 fully saturated rings. The summed E-state index contributed by atoms with van der Waals surface area (Å²) in [6.07, 6.45) is 0. The highest BCUT2D eigenvalue weighted by molar-refractivity contribution is 5.61. The molecule has 4 heteroatoms. The summed E-state index contributed by atoms with van der Waals surface area (Å²) in [5.41, 5.74) is 1.59. The van der Waals surface area contributed by atoms with Crippen LogP contribution < -0.4 is 0 Å². The highest BCUT2D eigenvalue weighted by Crippen LogP contribution is 2.32. The summed E-state index contributed by atoms with van der Waals surface area (Å²) in [6.45, 7) is 7.91. The van der Waals surface area contributed by atoms with Crippen LogP contribution in [0, 0.1) is 12.7 Å². The maximum atomic E-state index is 13.3. The summed E-state index contributed by atoms with van der Waals surface area (Å²) >= 11 is 0. The molecular formula is C13H15FN2O. The standard InChI is InChI=1S/C13H15FN2O/c1-8-15-12(16-17-8)10-7-9(14)5-6-11(10)13(2,3)4/h5-7H,1-4H3. The van der Waals surface area contributed by atoms with Gasteiger partial charge in [-0.3, -0.25) is 0 Å². The fraction of sp³-hybridized carbons (Fsp3) is 0.385. The average Bonchev–Trinajstić information content (AvgIpc) is 2.62. The lowest BCUT2D eigenvalue weighted by Gasteiger charge is -2.21. The lowest BCUT2D eigenvalue weighted by atomic mass is 9.83. The van der Waals surface area contributed by atoms with Gasteiger partial charge in [0.1, 0.15) is 5.82 Å². The SMILES string of the molecule is Cc1nc(-c2cc(F)ccc2C(C)(C)C)no1. The number of hydrogen-bond acceptors (Lipinski definition) is 3. The van der Waals surface area contributed by atoms with Gasteiger partial charge in [0, 0.05) is 12.5 Å². The topological polar surface area (TPSA) is 38.9 Å². The number of halogens is 1. The number of rotatable bonds is 1. The van der Waals surface area contributed by atoms with Crippen molar-refractivity contribution < 1.29 is 8.91 Å². The van der Waals surface area contributed by atoms with E-state index in [1.54, 1.807) is 13.0 Å². The lowest BCUT2D eigenvalue weighted by molar-refractivity contribution is 0.394. The second-order valence-corrected chi connectivity index (χ2v) is 5.08. The Morgan fingerprint density at radius 2 is 1.94 bits per heavy atom. The predicted molar refractivity (Wildman–Crippen MR) is 63.1 cm³/mol. The number of nitrogens with zero attached hydrogens (tertiary/aromatic N) is 2. The van der Waals surface area contributed by atoms with Crippen LogP contribution >= 0.6 is 0 Å². The summed E-state index contributed by atoms with van der Waals surface area (Å²) < 4.78 is 18.3. The maximum absolute atomic E-state index is 13.3. The van der Waals surface area contributed by atoms with Gasteiger partial charge in [0.2, 0.25) is 11.7 Å². The third-order valence-electron chi connectivity index (χ3n) is 2.56. The molecule has 0 aliphatic carbocycles. The first kappa shape index (κ1) is 11.8. The van der Waals surface area contributed by atoms with Crippen molar-refractivity contribution in [2.75, 3.05) is 0 Å². The Kier molecular flexibility index (Phi) is 2.73. The van der Waals surface area contributed by atoms with Crippen molar-refractivity contribution >= 4 is 0 Å². The first-order valence-corrected chi connectivity index (χ1v) is 5.48. The monoisotopic (exact) mass is 234 g/mol. The van der Waals surface area contributed by atoms with Gasteiger partial charge < -0.3 is 4.52 Å². The molecule has 0 radical (unpaired) electrons. The van der Waals surface area contributed by atoms with Crippen LogP contribution in [-0.2, 0) is 5.41 Å². The van der Waals surface area contributed by atoms with Gasteiger partial charge in [-0.25, -0.2) is 4.39 Å². The zero-order valence-electron chi connectivity index (χ0n) is 10.4. The number of aromatic nitrogens is 2. The van der Waals surface area contributed by atoms with Crippen LogP contribution in [0.1, 0.15) is 32.2 Å². The Bertz CT molecular complexity index is 541. The van der Waals surface area contributed by atoms with Crippen LogP contribution in [0.15, 0.2) is 22.7 Å². The molecule has 0 bridgehead atoms. The molecule has 17 heavy (non-hydrogen) atoms. The van der Waals surface area contributed by atoms with Crippen molar-refractivity contribution in [3.8, 4) is 11.4 Å². The Hall–Kier alpha value is -1.71. The van der Waals surface area contributed by atoms with E-state index in [0.717, 1.165) is 5.56 Å². The van der Waals surface area contributed by atoms with E-state index in [4.69, 9.17) is 4.52 Å². The second-order valence-electron chi connectivity index (χ2n) is 5.08. The van der Waals surface area contributed by atoms with E-state index in [-0.39, 0.29) is 11.2 Å². The van der Waals surface area contributed by atoms with Crippen molar-refractivity contribution in [2.24, 2.45) is 0 Å². The Morgan fingerprint density at radius 1 is 1.24 bits per heavy atom. The van der Waals surface area contributed by atoms with Crippen LogP contribution in [0.25, 0.3) is 11.4 Å². The van der Waals surface area contributed by atoms with Crippen molar-refractivity contribution in [2.45, 2.75) is 33.1 Å². The molecule has 3 nitrogen and oxygen atoms in total. The molecule has 2 aromatic rings. The molecule has 0 amide bonds. The average molecular weight is 234 g/mol. The minimum Gasteiger partial charge on any atom is -0.339 e. The van der Waals surface area contributed by atoms with E-state index >= 15 is 0 Å². The largest absolute Gasteiger partial charge is 0.339 e. The van der Waals surface area contributed by atoms with Gasteiger partial charge in [-0.2, -0.15) is 4.98 Å². The predicted octanol–water partition coefficient (Wildman–Crippen LogP) is 3.48. The van der Waals surface area contributed by atoms with Crippen molar-refractivity contribution in [1.29, 1.82) is 0 Å². The Labute approximate surface area is 99.7 Å². The first-order valence-electron chi connectivity index (χ1n) is 5.48. The molecule has 0 N–H and O–H groups in total. The molecule has 0 aliphatic rings. The van der Waals surface area contributed by atoms with Crippen LogP contribution in [0.3, 0.4) is 0 Å². The normalized spacial score (nSPS) is 11.8. The molecule has 0 unspecified atom stereocenters. The number of hydrogen-bond donors (Lipinski definition) is 0. The first-order chi connectivity index (χ1) is 7.88. The van der Waals surface area contributed by atoms with Crippen LogP contribution in [0.5, 0.6) is 0 Å². The molecule has 0 saturated heterocycles. The van der Waals surface area contributed by atoms with E-state index < -0.39 is 0 Å². The highest BCUT2D eigenvalue weighted by atomic mass is 19.1. The quantitative estimate of drug-likeness (QED) is 0.758. The fourth-order valence-corrected chi connectivity index (χ4v) is 1.76. The molecule has 0 aliphatic heterocycles. The Balaban J connectivity index is 2.63. The number of benzene rings is 1. The summed E-state index contributed by atoms with van der Waals surface area (Å²) in [5, 5.41) is 3.85. The Morgan fingerprint density at radius 3 is 2.47 bits per heavy atom. The lowest BCUT2D eigenvalue weighted by Crippen LogP contribution is -2.13. The van der Waals surface area contributed by atoms with E-state index in [0.29, 0.717) is 17.3 Å². The van der Waals surface area contributed by atoms with Crippen LogP contribution in [-0.4, -0.2) is 10.1 Å². The molecule has 2 rings (SSSR count). The summed E-state index contributed by atoms with van der Waals surface area (Å²) in [7, 11) is 0. The van der Waals surface area contributed by atoms with Gasteiger partial charge in [-0.1, -0.05) is 32.0 Å². The van der Waals surface area contributed by atoms with Gasteiger partial charge in [0.05, 0.1) is 0 Å². The smallest absolute Gasteiger partial charge is 0.223 e. The van der Waals surface area contributed by atoms with Gasteiger partial charge >= 0.3 is 0 Å². The summed E-state index contributed by atoms with van der Waals surface area (Å²) in [4.78, 5) is 4.15. The molecule has 1 heterocycles. The zero-order valence-corrected chi connectivity index (χ0v) is 10.4. The van der Waals surface area contributed by atoms with E-state index in [1.165, 1.54) is 12.1 Å². The maximum Gasteiger partial charge on any atom is 0.223 e. The van der Waals surface area contributed by atoms with Crippen molar-refractivity contribution in [3.63, 3.8) is 0 Å². The van der Waals surface area contributed by atoms with Crippen LogP contribution in [0.2, 0.25) is 0 Å². The van der Waals surface area contributed by atoms with E-state index in [2.05, 4.69) is 30.9 Å². The van der Waals surface area contributed by atoms with Gasteiger partial charge in [-0.15, -0.1) is 0 Å². The molecule has 1 aromatic heterocycles. The third kappa shape index (κ3) is 2.35. The molecule has 0 spiro atoms. The van der Waals surface area contributed by atoms with Crippen LogP contribution in [0.4, 0.5) is 4.39 Å². The van der Waals surface area contributed by atoms with Gasteiger partial charge in [-0.05, 0) is 23.1 Å². The molecule has 0 saturated carbocycles. The minimum absolute atomic E-state index is 0.0996. The molecule has 90 valence electrons. The summed E-state index contributed by atoms with van der Waals surface area (Å²) in [5.74, 6) is 0.617. The zero-order chi connectivity index (χ0) is 12.6. The number of aryl methyl sites for hydroxylation is 1. The van der Waals surface area contributed by atoms with E-state index in [9.17, 15) is 4.39 Å². The fourth-order valence-electron chi connectivity index (χ4n) is 1.76.